The maximum atomic E-state index is 12.8. The fourth-order valence-corrected chi connectivity index (χ4v) is 4.62. The van der Waals surface area contributed by atoms with Crippen molar-refractivity contribution in [2.24, 2.45) is 12.0 Å². The lowest BCUT2D eigenvalue weighted by Crippen LogP contribution is -2.66. The van der Waals surface area contributed by atoms with E-state index in [1.54, 1.807) is 13.4 Å². The summed E-state index contributed by atoms with van der Waals surface area (Å²) in [7, 11) is -1.27. The number of hydrogen-bond donors (Lipinski definition) is 1. The summed E-state index contributed by atoms with van der Waals surface area (Å²) in [6.07, 6.45) is 5.34. The zero-order valence-electron chi connectivity index (χ0n) is 16.4. The Hall–Kier alpha value is -1.67. The van der Waals surface area contributed by atoms with Crippen molar-refractivity contribution in [1.29, 1.82) is 0 Å². The Morgan fingerprint density at radius 1 is 1.33 bits per heavy atom. The van der Waals surface area contributed by atoms with Crippen molar-refractivity contribution in [2.75, 3.05) is 13.2 Å². The van der Waals surface area contributed by atoms with Crippen LogP contribution in [0.25, 0.3) is 0 Å². The van der Waals surface area contributed by atoms with Gasteiger partial charge in [-0.1, -0.05) is 20.8 Å². The van der Waals surface area contributed by atoms with E-state index in [2.05, 4.69) is 23.8 Å². The summed E-state index contributed by atoms with van der Waals surface area (Å²) in [5.41, 5.74) is -0.770. The van der Waals surface area contributed by atoms with E-state index in [0.29, 0.717) is 30.9 Å². The molecular formula is C17H28N4O5P+. The van der Waals surface area contributed by atoms with Crippen molar-refractivity contribution in [3.8, 4) is 0 Å². The van der Waals surface area contributed by atoms with Gasteiger partial charge in [0.25, 0.3) is 0 Å². The van der Waals surface area contributed by atoms with Gasteiger partial charge < -0.3 is 4.89 Å². The maximum Gasteiger partial charge on any atom is 0.488 e. The molecular weight excluding hydrogens is 371 g/mol. The van der Waals surface area contributed by atoms with Crippen LogP contribution in [0.2, 0.25) is 0 Å². The smallest absolute Gasteiger partial charge is 0.488 e. The number of nitrogens with one attached hydrogen (secondary N) is 1. The average Bonchev–Trinajstić information content (AvgIpc) is 3.02. The highest BCUT2D eigenvalue weighted by Gasteiger charge is 2.54. The van der Waals surface area contributed by atoms with Crippen molar-refractivity contribution >= 4 is 26.1 Å². The maximum absolute atomic E-state index is 12.8. The van der Waals surface area contributed by atoms with Gasteiger partial charge in [-0.3, -0.25) is 14.3 Å². The topological polar surface area (TPSA) is 117 Å². The summed E-state index contributed by atoms with van der Waals surface area (Å²) in [6, 6.07) is 0. The van der Waals surface area contributed by atoms with Crippen LogP contribution in [0, 0.1) is 0 Å². The average molecular weight is 399 g/mol. The van der Waals surface area contributed by atoms with Gasteiger partial charge in [0, 0.05) is 26.3 Å². The number of aromatic amines is 1. The second kappa shape index (κ2) is 8.56. The van der Waals surface area contributed by atoms with E-state index in [0.717, 1.165) is 19.3 Å². The first-order chi connectivity index (χ1) is 12.8. The van der Waals surface area contributed by atoms with Gasteiger partial charge in [-0.25, -0.2) is 9.28 Å². The summed E-state index contributed by atoms with van der Waals surface area (Å²) in [6.45, 7) is 6.95. The first-order valence-electron chi connectivity index (χ1n) is 9.32. The normalized spacial score (nSPS) is 19.4. The molecule has 1 aliphatic heterocycles. The molecule has 1 aliphatic rings. The molecule has 150 valence electrons. The fourth-order valence-electron chi connectivity index (χ4n) is 4.34. The minimum atomic E-state index is -2.87. The third kappa shape index (κ3) is 3.69. The monoisotopic (exact) mass is 399 g/mol. The molecule has 0 spiro atoms. The molecule has 2 rings (SSSR count). The first kappa shape index (κ1) is 21.6. The number of hydrogen-bond acceptors (Lipinski definition) is 6. The summed E-state index contributed by atoms with van der Waals surface area (Å²) in [4.78, 5) is 42.3. The Morgan fingerprint density at radius 3 is 2.56 bits per heavy atom. The Labute approximate surface area is 159 Å². The lowest BCUT2D eigenvalue weighted by atomic mass is 9.82. The Balaban J connectivity index is 2.57. The van der Waals surface area contributed by atoms with Crippen LogP contribution in [0.3, 0.4) is 0 Å². The number of aromatic nitrogens is 2. The van der Waals surface area contributed by atoms with Crippen LogP contribution >= 0.6 is 8.25 Å². The van der Waals surface area contributed by atoms with E-state index in [-0.39, 0.29) is 16.6 Å². The van der Waals surface area contributed by atoms with E-state index < -0.39 is 19.5 Å². The molecule has 0 fully saturated rings. The molecule has 1 N–H and O–H groups in total. The van der Waals surface area contributed by atoms with Gasteiger partial charge in [0.1, 0.15) is 12.1 Å². The van der Waals surface area contributed by atoms with E-state index in [4.69, 9.17) is 4.52 Å². The minimum absolute atomic E-state index is 0.111. The van der Waals surface area contributed by atoms with Gasteiger partial charge in [-0.15, -0.1) is 4.52 Å². The van der Waals surface area contributed by atoms with E-state index >= 15 is 0 Å². The third-order valence-electron chi connectivity index (χ3n) is 5.77. The molecule has 2 unspecified atom stereocenters. The zero-order chi connectivity index (χ0) is 20.2. The van der Waals surface area contributed by atoms with Crippen molar-refractivity contribution in [3.05, 3.63) is 20.8 Å². The van der Waals surface area contributed by atoms with Crippen LogP contribution in [-0.2, 0) is 16.1 Å². The van der Waals surface area contributed by atoms with Crippen LogP contribution < -0.4 is 20.6 Å². The number of H-pyrrole nitrogens is 1. The molecule has 0 saturated carbocycles. The van der Waals surface area contributed by atoms with Crippen LogP contribution in [-0.4, -0.2) is 34.6 Å². The Bertz CT molecular complexity index is 843. The predicted octanol–water partition coefficient (Wildman–Crippen LogP) is 1.84. The summed E-state index contributed by atoms with van der Waals surface area (Å²) in [5.74, 6) is 0.391. The summed E-state index contributed by atoms with van der Waals surface area (Å²) in [5, 5.41) is 0. The van der Waals surface area contributed by atoms with Crippen LogP contribution in [0.4, 0.5) is 11.5 Å². The van der Waals surface area contributed by atoms with E-state index in [1.807, 2.05) is 6.92 Å². The van der Waals surface area contributed by atoms with Crippen LogP contribution in [0.5, 0.6) is 0 Å². The number of quaternary nitrogens is 1. The SMILES string of the molecule is CCC[N+]1(C(CC)(CC)CCCO[P+](=O)[O-])C=Nc2c1c(=O)[nH]c(=O)n2C. The minimum Gasteiger partial charge on any atom is -0.566 e. The summed E-state index contributed by atoms with van der Waals surface area (Å²) < 4.78 is 17.0. The first-order valence-corrected chi connectivity index (χ1v) is 10.4. The Kier molecular flexibility index (Phi) is 6.86. The van der Waals surface area contributed by atoms with Crippen molar-refractivity contribution in [2.45, 2.75) is 58.4 Å². The molecule has 0 saturated heterocycles. The molecule has 1 aromatic rings. The zero-order valence-corrected chi connectivity index (χ0v) is 17.3. The van der Waals surface area contributed by atoms with Gasteiger partial charge in [0.2, 0.25) is 11.5 Å². The van der Waals surface area contributed by atoms with Gasteiger partial charge in [0.05, 0.1) is 6.54 Å². The fraction of sp³-hybridized carbons (Fsp3) is 0.706. The van der Waals surface area contributed by atoms with E-state index in [9.17, 15) is 19.0 Å². The highest BCUT2D eigenvalue weighted by molar-refractivity contribution is 7.30. The second-order valence-electron chi connectivity index (χ2n) is 6.92. The molecule has 0 amide bonds. The highest BCUT2D eigenvalue weighted by Crippen LogP contribution is 2.45. The molecule has 27 heavy (non-hydrogen) atoms. The van der Waals surface area contributed by atoms with Gasteiger partial charge in [0.15, 0.2) is 6.34 Å². The highest BCUT2D eigenvalue weighted by atomic mass is 31.1. The number of aliphatic imine (C=N–C) groups is 1. The van der Waals surface area contributed by atoms with Gasteiger partial charge >= 0.3 is 19.5 Å². The van der Waals surface area contributed by atoms with Gasteiger partial charge in [-0.2, -0.15) is 4.99 Å². The van der Waals surface area contributed by atoms with Crippen LogP contribution in [0.1, 0.15) is 52.9 Å². The lowest BCUT2D eigenvalue weighted by molar-refractivity contribution is -0.185. The number of fused-ring (bicyclic) bond motifs is 1. The largest absolute Gasteiger partial charge is 0.566 e. The quantitative estimate of drug-likeness (QED) is 0.366. The predicted molar refractivity (Wildman–Crippen MR) is 104 cm³/mol. The molecule has 0 radical (unpaired) electrons. The second-order valence-corrected chi connectivity index (χ2v) is 7.62. The lowest BCUT2D eigenvalue weighted by Gasteiger charge is -2.47. The third-order valence-corrected chi connectivity index (χ3v) is 6.16. The molecule has 9 nitrogen and oxygen atoms in total. The molecule has 10 heteroatoms. The molecule has 2 atom stereocenters. The Morgan fingerprint density at radius 2 is 2.00 bits per heavy atom. The molecule has 1 aromatic heterocycles. The van der Waals surface area contributed by atoms with Crippen LogP contribution in [0.15, 0.2) is 14.6 Å². The van der Waals surface area contributed by atoms with E-state index in [1.165, 1.54) is 4.57 Å². The number of rotatable bonds is 10. The van der Waals surface area contributed by atoms with Crippen molar-refractivity contribution < 1.29 is 14.0 Å². The standard InChI is InChI=1S/C17H27N4O5P/c1-5-10-21(17(6-2,7-3)9-8-11-26-27(24)25)12-18-14-13(21)15(22)19-16(23)20(14)4/h12H,5-11H2,1-4H3/p+1. The molecule has 0 aliphatic carbocycles. The molecule has 0 aromatic carbocycles. The summed E-state index contributed by atoms with van der Waals surface area (Å²) >= 11 is 0. The molecule has 0 bridgehead atoms. The van der Waals surface area contributed by atoms with Crippen molar-refractivity contribution in [1.82, 2.24) is 14.0 Å². The van der Waals surface area contributed by atoms with Crippen molar-refractivity contribution in [3.63, 3.8) is 0 Å². The van der Waals surface area contributed by atoms with Gasteiger partial charge in [-0.05, 0) is 17.4 Å². The number of nitrogens with zero attached hydrogens (tertiary/aromatic N) is 3. The molecule has 2 heterocycles.